The zero-order chi connectivity index (χ0) is 19.1. The average molecular weight is 372 g/mol. The van der Waals surface area contributed by atoms with Crippen LogP contribution in [0.5, 0.6) is 11.5 Å². The lowest BCUT2D eigenvalue weighted by atomic mass is 10.1. The third-order valence-corrected chi connectivity index (χ3v) is 3.84. The lowest BCUT2D eigenvalue weighted by Crippen LogP contribution is -2.12. The number of carbonyl (C=O) groups is 2. The zero-order valence-electron chi connectivity index (χ0n) is 14.3. The molecule has 2 rings (SSSR count). The first kappa shape index (κ1) is 19.4. The highest BCUT2D eigenvalue weighted by atomic mass is 32.1. The summed E-state index contributed by atoms with van der Waals surface area (Å²) in [7, 11) is 0. The zero-order valence-corrected chi connectivity index (χ0v) is 15.1. The van der Waals surface area contributed by atoms with E-state index in [0.29, 0.717) is 23.4 Å². The molecule has 0 spiro atoms. The van der Waals surface area contributed by atoms with Crippen molar-refractivity contribution >= 4 is 34.8 Å². The van der Waals surface area contributed by atoms with Crippen LogP contribution < -0.4 is 15.8 Å². The summed E-state index contributed by atoms with van der Waals surface area (Å²) in [5.41, 5.74) is 6.58. The number of phenols is 1. The van der Waals surface area contributed by atoms with Crippen LogP contribution in [0.1, 0.15) is 42.1 Å². The van der Waals surface area contributed by atoms with Gasteiger partial charge in [0.05, 0.1) is 0 Å². The van der Waals surface area contributed by atoms with E-state index in [-0.39, 0.29) is 22.2 Å². The minimum Gasteiger partial charge on any atom is -0.507 e. The van der Waals surface area contributed by atoms with Gasteiger partial charge in [-0.1, -0.05) is 25.6 Å². The normalized spacial score (nSPS) is 10.2. The molecule has 136 valence electrons. The van der Waals surface area contributed by atoms with E-state index in [2.05, 4.69) is 5.32 Å². The molecule has 0 heterocycles. The van der Waals surface area contributed by atoms with Gasteiger partial charge in [0.15, 0.2) is 0 Å². The van der Waals surface area contributed by atoms with E-state index >= 15 is 0 Å². The summed E-state index contributed by atoms with van der Waals surface area (Å²) in [6, 6.07) is 10.7. The van der Waals surface area contributed by atoms with Crippen molar-refractivity contribution in [1.29, 1.82) is 0 Å². The molecule has 6 nitrogen and oxygen atoms in total. The third kappa shape index (κ3) is 5.29. The molecule has 0 saturated carbocycles. The van der Waals surface area contributed by atoms with E-state index < -0.39 is 5.97 Å². The second-order valence-electron chi connectivity index (χ2n) is 5.66. The molecule has 2 aromatic rings. The van der Waals surface area contributed by atoms with Crippen LogP contribution >= 0.6 is 12.2 Å². The second kappa shape index (κ2) is 8.96. The van der Waals surface area contributed by atoms with Gasteiger partial charge in [0, 0.05) is 23.7 Å². The van der Waals surface area contributed by atoms with Gasteiger partial charge in [-0.3, -0.25) is 4.79 Å². The van der Waals surface area contributed by atoms with Crippen LogP contribution in [-0.4, -0.2) is 22.0 Å². The van der Waals surface area contributed by atoms with E-state index in [0.717, 1.165) is 12.8 Å². The van der Waals surface area contributed by atoms with Gasteiger partial charge in [0.25, 0.3) is 0 Å². The number of amides is 1. The molecular weight excluding hydrogens is 352 g/mol. The Morgan fingerprint density at radius 1 is 1.19 bits per heavy atom. The van der Waals surface area contributed by atoms with E-state index in [1.807, 2.05) is 6.92 Å². The molecular formula is C19H20N2O4S. The van der Waals surface area contributed by atoms with Crippen molar-refractivity contribution in [3.63, 3.8) is 0 Å². The first-order valence-electron chi connectivity index (χ1n) is 8.15. The fourth-order valence-electron chi connectivity index (χ4n) is 2.19. The first-order chi connectivity index (χ1) is 12.4. The van der Waals surface area contributed by atoms with E-state index in [1.165, 1.54) is 18.2 Å². The van der Waals surface area contributed by atoms with Gasteiger partial charge in [-0.25, -0.2) is 4.79 Å². The van der Waals surface area contributed by atoms with Crippen molar-refractivity contribution in [3.05, 3.63) is 53.6 Å². The lowest BCUT2D eigenvalue weighted by Gasteiger charge is -2.09. The first-order valence-corrected chi connectivity index (χ1v) is 8.56. The summed E-state index contributed by atoms with van der Waals surface area (Å²) in [4.78, 5) is 24.2. The summed E-state index contributed by atoms with van der Waals surface area (Å²) in [5, 5.41) is 12.7. The van der Waals surface area contributed by atoms with Crippen LogP contribution in [0.3, 0.4) is 0 Å². The van der Waals surface area contributed by atoms with Gasteiger partial charge in [-0.15, -0.1) is 0 Å². The Balaban J connectivity index is 2.04. The van der Waals surface area contributed by atoms with Gasteiger partial charge < -0.3 is 20.9 Å². The predicted molar refractivity (Wildman–Crippen MR) is 104 cm³/mol. The van der Waals surface area contributed by atoms with Gasteiger partial charge in [-0.2, -0.15) is 0 Å². The Hall–Kier alpha value is -2.93. The Kier molecular flexibility index (Phi) is 6.68. The summed E-state index contributed by atoms with van der Waals surface area (Å²) < 4.78 is 5.22. The largest absolute Gasteiger partial charge is 0.507 e. The van der Waals surface area contributed by atoms with Crippen molar-refractivity contribution < 1.29 is 19.4 Å². The van der Waals surface area contributed by atoms with E-state index in [1.54, 1.807) is 24.3 Å². The Morgan fingerprint density at radius 3 is 2.46 bits per heavy atom. The number of anilines is 1. The molecule has 0 fully saturated rings. The van der Waals surface area contributed by atoms with Crippen LogP contribution in [-0.2, 0) is 4.79 Å². The molecule has 0 bridgehead atoms. The number of phenolic OH excluding ortho intramolecular Hbond substituents is 1. The highest BCUT2D eigenvalue weighted by Gasteiger charge is 2.15. The van der Waals surface area contributed by atoms with E-state index in [9.17, 15) is 14.7 Å². The second-order valence-corrected chi connectivity index (χ2v) is 6.10. The Morgan fingerprint density at radius 2 is 1.88 bits per heavy atom. The minimum absolute atomic E-state index is 0.00465. The molecule has 1 amide bonds. The van der Waals surface area contributed by atoms with Gasteiger partial charge in [0.2, 0.25) is 5.91 Å². The van der Waals surface area contributed by atoms with Crippen molar-refractivity contribution in [1.82, 2.24) is 0 Å². The summed E-state index contributed by atoms with van der Waals surface area (Å²) in [6.07, 6.45) is 2.11. The molecule has 0 aliphatic carbocycles. The standard InChI is InChI=1S/C19H20N2O4S/c1-2-3-4-17(23)21-13-7-10-15(16(22)11-13)19(24)25-14-8-5-12(6-9-14)18(20)26/h5-11,22H,2-4H2,1H3,(H2,20,26)(H,21,23). The monoisotopic (exact) mass is 372 g/mol. The van der Waals surface area contributed by atoms with Crippen LogP contribution in [0.2, 0.25) is 0 Å². The maximum atomic E-state index is 12.2. The molecule has 0 aromatic heterocycles. The number of nitrogens with two attached hydrogens (primary N) is 1. The number of aromatic hydroxyl groups is 1. The van der Waals surface area contributed by atoms with Crippen molar-refractivity contribution in [2.45, 2.75) is 26.2 Å². The number of hydrogen-bond acceptors (Lipinski definition) is 5. The average Bonchev–Trinajstić information content (AvgIpc) is 2.60. The number of ether oxygens (including phenoxy) is 1. The minimum atomic E-state index is -0.713. The molecule has 0 saturated heterocycles. The number of carbonyl (C=O) groups excluding carboxylic acids is 2. The highest BCUT2D eigenvalue weighted by Crippen LogP contribution is 2.24. The number of benzene rings is 2. The maximum absolute atomic E-state index is 12.2. The molecule has 0 atom stereocenters. The molecule has 0 unspecified atom stereocenters. The third-order valence-electron chi connectivity index (χ3n) is 3.61. The van der Waals surface area contributed by atoms with Gasteiger partial charge in [0.1, 0.15) is 22.1 Å². The number of nitrogens with one attached hydrogen (secondary N) is 1. The van der Waals surface area contributed by atoms with E-state index in [4.69, 9.17) is 22.7 Å². The Labute approximate surface area is 157 Å². The molecule has 7 heteroatoms. The van der Waals surface area contributed by atoms with Crippen LogP contribution in [0, 0.1) is 0 Å². The van der Waals surface area contributed by atoms with Crippen LogP contribution in [0.4, 0.5) is 5.69 Å². The number of hydrogen-bond donors (Lipinski definition) is 3. The fraction of sp³-hybridized carbons (Fsp3) is 0.211. The SMILES string of the molecule is CCCCC(=O)Nc1ccc(C(=O)Oc2ccc(C(N)=S)cc2)c(O)c1. The van der Waals surface area contributed by atoms with Crippen LogP contribution in [0.25, 0.3) is 0 Å². The molecule has 26 heavy (non-hydrogen) atoms. The lowest BCUT2D eigenvalue weighted by molar-refractivity contribution is -0.116. The quantitative estimate of drug-likeness (QED) is 0.391. The van der Waals surface area contributed by atoms with Gasteiger partial charge in [-0.05, 0) is 42.8 Å². The maximum Gasteiger partial charge on any atom is 0.347 e. The van der Waals surface area contributed by atoms with Crippen molar-refractivity contribution in [2.75, 3.05) is 5.32 Å². The predicted octanol–water partition coefficient (Wildman–Crippen LogP) is 3.37. The number of rotatable bonds is 7. The summed E-state index contributed by atoms with van der Waals surface area (Å²) >= 11 is 4.86. The number of esters is 1. The van der Waals surface area contributed by atoms with Gasteiger partial charge >= 0.3 is 5.97 Å². The van der Waals surface area contributed by atoms with Crippen LogP contribution in [0.15, 0.2) is 42.5 Å². The summed E-state index contributed by atoms with van der Waals surface area (Å²) in [6.45, 7) is 2.00. The number of thiocarbonyl (C=S) groups is 1. The molecule has 0 aliphatic rings. The van der Waals surface area contributed by atoms with Crippen molar-refractivity contribution in [2.24, 2.45) is 5.73 Å². The number of unbranched alkanes of at least 4 members (excludes halogenated alkanes) is 1. The molecule has 2 aromatic carbocycles. The molecule has 0 aliphatic heterocycles. The Bertz CT molecular complexity index is 819. The molecule has 0 radical (unpaired) electrons. The summed E-state index contributed by atoms with van der Waals surface area (Å²) in [5.74, 6) is -0.830. The smallest absolute Gasteiger partial charge is 0.347 e. The highest BCUT2D eigenvalue weighted by molar-refractivity contribution is 7.80. The fourth-order valence-corrected chi connectivity index (χ4v) is 2.33. The molecule has 4 N–H and O–H groups in total. The topological polar surface area (TPSA) is 102 Å². The van der Waals surface area contributed by atoms with Crippen molar-refractivity contribution in [3.8, 4) is 11.5 Å².